The van der Waals surface area contributed by atoms with Gasteiger partial charge in [0.1, 0.15) is 24.0 Å². The van der Waals surface area contributed by atoms with E-state index in [1.165, 1.54) is 35.7 Å². The maximum Gasteiger partial charge on any atom is 0.283 e. The van der Waals surface area contributed by atoms with Gasteiger partial charge in [-0.2, -0.15) is 22.7 Å². The van der Waals surface area contributed by atoms with Crippen molar-refractivity contribution in [1.82, 2.24) is 24.0 Å². The van der Waals surface area contributed by atoms with Gasteiger partial charge in [0.25, 0.3) is 10.0 Å². The van der Waals surface area contributed by atoms with E-state index in [1.54, 1.807) is 42.5 Å². The van der Waals surface area contributed by atoms with E-state index >= 15 is 0 Å². The van der Waals surface area contributed by atoms with Crippen molar-refractivity contribution in [1.29, 1.82) is 0 Å². The molecule has 0 saturated heterocycles. The van der Waals surface area contributed by atoms with Crippen LogP contribution >= 0.6 is 11.6 Å². The summed E-state index contributed by atoms with van der Waals surface area (Å²) in [5.74, 6) is 0. The Morgan fingerprint density at radius 1 is 0.962 bits per heavy atom. The Kier molecular flexibility index (Phi) is 4.06. The van der Waals surface area contributed by atoms with Crippen molar-refractivity contribution in [3.8, 4) is 16.9 Å². The molecular weight excluding hydrogens is 374 g/mol. The fourth-order valence-corrected chi connectivity index (χ4v) is 3.75. The van der Waals surface area contributed by atoms with Crippen LogP contribution in [0.5, 0.6) is 0 Å². The molecule has 0 radical (unpaired) electrons. The van der Waals surface area contributed by atoms with Crippen LogP contribution in [-0.4, -0.2) is 32.4 Å². The van der Waals surface area contributed by atoms with Gasteiger partial charge in [-0.3, -0.25) is 0 Å². The maximum absolute atomic E-state index is 12.9. The Morgan fingerprint density at radius 2 is 1.69 bits per heavy atom. The molecule has 4 aromatic rings. The van der Waals surface area contributed by atoms with E-state index in [-0.39, 0.29) is 4.90 Å². The standard InChI is InChI=1S/C17H12ClN5O2S/c18-14-8-6-13(7-9-14)17-16(22-12-19-11-20-22)10-23(21-17)26(24,25)15-4-2-1-3-5-15/h1-12H. The fourth-order valence-electron chi connectivity index (χ4n) is 2.48. The predicted molar refractivity (Wildman–Crippen MR) is 96.6 cm³/mol. The second kappa shape index (κ2) is 6.40. The monoisotopic (exact) mass is 385 g/mol. The van der Waals surface area contributed by atoms with Crippen LogP contribution in [-0.2, 0) is 10.0 Å². The lowest BCUT2D eigenvalue weighted by Crippen LogP contribution is -2.13. The van der Waals surface area contributed by atoms with Gasteiger partial charge in [0.2, 0.25) is 0 Å². The largest absolute Gasteiger partial charge is 0.283 e. The third-order valence-electron chi connectivity index (χ3n) is 3.74. The molecule has 26 heavy (non-hydrogen) atoms. The minimum absolute atomic E-state index is 0.148. The van der Waals surface area contributed by atoms with Crippen LogP contribution < -0.4 is 0 Å². The van der Waals surface area contributed by atoms with Crippen molar-refractivity contribution in [2.75, 3.05) is 0 Å². The lowest BCUT2D eigenvalue weighted by Gasteiger charge is -2.03. The first kappa shape index (κ1) is 16.5. The van der Waals surface area contributed by atoms with Gasteiger partial charge in [-0.25, -0.2) is 9.67 Å². The molecule has 2 aromatic carbocycles. The van der Waals surface area contributed by atoms with Crippen LogP contribution in [0.3, 0.4) is 0 Å². The molecule has 0 N–H and O–H groups in total. The molecule has 0 saturated carbocycles. The Hall–Kier alpha value is -2.97. The van der Waals surface area contributed by atoms with Crippen molar-refractivity contribution < 1.29 is 8.42 Å². The molecule has 2 aromatic heterocycles. The van der Waals surface area contributed by atoms with Crippen molar-refractivity contribution in [3.63, 3.8) is 0 Å². The third kappa shape index (κ3) is 2.89. The molecule has 0 aliphatic carbocycles. The zero-order valence-corrected chi connectivity index (χ0v) is 14.8. The number of halogens is 1. The highest BCUT2D eigenvalue weighted by molar-refractivity contribution is 7.89. The SMILES string of the molecule is O=S(=O)(c1ccccc1)n1cc(-n2cncn2)c(-c2ccc(Cl)cc2)n1. The van der Waals surface area contributed by atoms with E-state index in [4.69, 9.17) is 11.6 Å². The van der Waals surface area contributed by atoms with Crippen LogP contribution in [0.1, 0.15) is 0 Å². The van der Waals surface area contributed by atoms with Gasteiger partial charge >= 0.3 is 0 Å². The summed E-state index contributed by atoms with van der Waals surface area (Å²) in [5.41, 5.74) is 1.65. The predicted octanol–water partition coefficient (Wildman–Crippen LogP) is 3.02. The Balaban J connectivity index is 1.91. The number of hydrogen-bond donors (Lipinski definition) is 0. The molecule has 130 valence electrons. The number of nitrogens with zero attached hydrogens (tertiary/aromatic N) is 5. The minimum atomic E-state index is -3.83. The average molecular weight is 386 g/mol. The molecule has 9 heteroatoms. The highest BCUT2D eigenvalue weighted by Crippen LogP contribution is 2.27. The van der Waals surface area contributed by atoms with E-state index in [0.29, 0.717) is 22.0 Å². The smallest absolute Gasteiger partial charge is 0.223 e. The summed E-state index contributed by atoms with van der Waals surface area (Å²) >= 11 is 5.95. The zero-order valence-electron chi connectivity index (χ0n) is 13.3. The Bertz CT molecular complexity index is 1140. The van der Waals surface area contributed by atoms with Crippen LogP contribution in [0.4, 0.5) is 0 Å². The van der Waals surface area contributed by atoms with E-state index in [2.05, 4.69) is 15.2 Å². The summed E-state index contributed by atoms with van der Waals surface area (Å²) in [6.07, 6.45) is 4.27. The van der Waals surface area contributed by atoms with Gasteiger partial charge in [-0.05, 0) is 24.3 Å². The molecule has 2 heterocycles. The second-order valence-electron chi connectivity index (χ2n) is 5.40. The van der Waals surface area contributed by atoms with E-state index < -0.39 is 10.0 Å². The quantitative estimate of drug-likeness (QED) is 0.539. The molecule has 0 amide bonds. The van der Waals surface area contributed by atoms with Crippen LogP contribution in [0, 0.1) is 0 Å². The molecule has 4 rings (SSSR count). The maximum atomic E-state index is 12.9. The van der Waals surface area contributed by atoms with Gasteiger partial charge < -0.3 is 0 Å². The summed E-state index contributed by atoms with van der Waals surface area (Å²) in [7, 11) is -3.83. The van der Waals surface area contributed by atoms with Crippen LogP contribution in [0.15, 0.2) is 78.3 Å². The van der Waals surface area contributed by atoms with Crippen molar-refractivity contribution >= 4 is 21.6 Å². The molecule has 0 aliphatic heterocycles. The Labute approximate surface area is 154 Å². The van der Waals surface area contributed by atoms with Crippen LogP contribution in [0.25, 0.3) is 16.9 Å². The molecule has 0 unspecified atom stereocenters. The fraction of sp³-hybridized carbons (Fsp3) is 0. The van der Waals surface area contributed by atoms with E-state index in [9.17, 15) is 8.42 Å². The minimum Gasteiger partial charge on any atom is -0.223 e. The Morgan fingerprint density at radius 3 is 2.35 bits per heavy atom. The highest BCUT2D eigenvalue weighted by Gasteiger charge is 2.22. The lowest BCUT2D eigenvalue weighted by atomic mass is 10.1. The van der Waals surface area contributed by atoms with E-state index in [1.807, 2.05) is 0 Å². The third-order valence-corrected chi connectivity index (χ3v) is 5.54. The van der Waals surface area contributed by atoms with Gasteiger partial charge in [0.05, 0.1) is 11.1 Å². The van der Waals surface area contributed by atoms with Crippen molar-refractivity contribution in [3.05, 3.63) is 78.5 Å². The van der Waals surface area contributed by atoms with Crippen molar-refractivity contribution in [2.45, 2.75) is 4.90 Å². The average Bonchev–Trinajstić information content (AvgIpc) is 3.33. The molecule has 7 nitrogen and oxygen atoms in total. The van der Waals surface area contributed by atoms with Gasteiger partial charge in [-0.1, -0.05) is 41.9 Å². The number of benzene rings is 2. The molecule has 0 aliphatic rings. The molecule has 0 spiro atoms. The number of hydrogen-bond acceptors (Lipinski definition) is 5. The normalized spacial score (nSPS) is 11.6. The second-order valence-corrected chi connectivity index (χ2v) is 7.63. The van der Waals surface area contributed by atoms with E-state index in [0.717, 1.165) is 4.09 Å². The molecule has 0 atom stereocenters. The van der Waals surface area contributed by atoms with Gasteiger partial charge in [0.15, 0.2) is 0 Å². The number of rotatable bonds is 4. The first-order valence-corrected chi connectivity index (χ1v) is 9.39. The molecule has 0 bridgehead atoms. The summed E-state index contributed by atoms with van der Waals surface area (Å²) in [4.78, 5) is 4.07. The summed E-state index contributed by atoms with van der Waals surface area (Å²) < 4.78 is 28.2. The van der Waals surface area contributed by atoms with Gasteiger partial charge in [0, 0.05) is 10.6 Å². The topological polar surface area (TPSA) is 82.7 Å². The number of aromatic nitrogens is 5. The first-order chi connectivity index (χ1) is 12.6. The molecular formula is C17H12ClN5O2S. The summed E-state index contributed by atoms with van der Waals surface area (Å²) in [5, 5.41) is 8.98. The first-order valence-electron chi connectivity index (χ1n) is 7.57. The highest BCUT2D eigenvalue weighted by atomic mass is 35.5. The van der Waals surface area contributed by atoms with Crippen molar-refractivity contribution in [2.24, 2.45) is 0 Å². The summed E-state index contributed by atoms with van der Waals surface area (Å²) in [6.45, 7) is 0. The molecule has 0 fully saturated rings. The van der Waals surface area contributed by atoms with Gasteiger partial charge in [-0.15, -0.1) is 0 Å². The summed E-state index contributed by atoms with van der Waals surface area (Å²) in [6, 6.07) is 15.1. The van der Waals surface area contributed by atoms with Crippen LogP contribution in [0.2, 0.25) is 5.02 Å². The zero-order chi connectivity index (χ0) is 18.1. The lowest BCUT2D eigenvalue weighted by molar-refractivity contribution is 0.580.